The summed E-state index contributed by atoms with van der Waals surface area (Å²) in [5.74, 6) is 4.90. The van der Waals surface area contributed by atoms with Crippen LogP contribution in [0, 0.1) is 0 Å². The Morgan fingerprint density at radius 1 is 1.11 bits per heavy atom. The molecule has 0 radical (unpaired) electrons. The number of ether oxygens (including phenoxy) is 1. The Labute approximate surface area is 383 Å². The summed E-state index contributed by atoms with van der Waals surface area (Å²) in [6.07, 6.45) is 4.18. The van der Waals surface area contributed by atoms with Crippen LogP contribution in [-0.4, -0.2) is 115 Å². The van der Waals surface area contributed by atoms with Gasteiger partial charge >= 0.3 is 0 Å². The highest BCUT2D eigenvalue weighted by molar-refractivity contribution is 7.16. The number of hydrogen-bond donors (Lipinski definition) is 6. The van der Waals surface area contributed by atoms with E-state index in [0.717, 1.165) is 4.88 Å². The zero-order valence-corrected chi connectivity index (χ0v) is 37.4. The third-order valence-corrected chi connectivity index (χ3v) is 12.3. The molecule has 3 aliphatic rings. The van der Waals surface area contributed by atoms with Crippen molar-refractivity contribution >= 4 is 99.1 Å². The van der Waals surface area contributed by atoms with Crippen LogP contribution >= 0.6 is 22.9 Å². The smallest absolute Gasteiger partial charge is 0.255 e. The van der Waals surface area contributed by atoms with Crippen molar-refractivity contribution in [2.75, 3.05) is 60.8 Å². The van der Waals surface area contributed by atoms with Crippen LogP contribution in [0.25, 0.3) is 0 Å². The first-order valence-corrected chi connectivity index (χ1v) is 22.0. The topological polar surface area (TPSA) is 258 Å². The molecule has 3 aliphatic heterocycles. The van der Waals surface area contributed by atoms with E-state index in [1.54, 1.807) is 54.5 Å². The van der Waals surface area contributed by atoms with E-state index in [9.17, 15) is 28.8 Å². The van der Waals surface area contributed by atoms with Gasteiger partial charge in [-0.15, -0.1) is 11.3 Å². The lowest BCUT2D eigenvalue weighted by Crippen LogP contribution is -2.52. The number of imide groups is 1. The number of hydrazone groups is 1. The summed E-state index contributed by atoms with van der Waals surface area (Å²) in [5.41, 5.74) is 3.25. The number of aromatic nitrogens is 2. The van der Waals surface area contributed by atoms with Crippen molar-refractivity contribution in [2.24, 2.45) is 15.9 Å². The van der Waals surface area contributed by atoms with E-state index in [1.807, 2.05) is 24.0 Å². The fourth-order valence-electron chi connectivity index (χ4n) is 7.69. The molecule has 0 bridgehead atoms. The first-order chi connectivity index (χ1) is 31.4. The van der Waals surface area contributed by atoms with Crippen LogP contribution in [0.4, 0.5) is 28.8 Å². The Morgan fingerprint density at radius 3 is 2.68 bits per heavy atom. The number of thiophene rings is 1. The van der Waals surface area contributed by atoms with E-state index < -0.39 is 23.9 Å². The zero-order valence-electron chi connectivity index (χ0n) is 35.9. The van der Waals surface area contributed by atoms with Gasteiger partial charge in [-0.25, -0.2) is 4.98 Å². The number of hydrogen-bond acceptors (Lipinski definition) is 16. The number of nitrogens with zero attached hydrogens (tertiary/aromatic N) is 7. The Balaban J connectivity index is 0.859. The summed E-state index contributed by atoms with van der Waals surface area (Å²) in [6.45, 7) is 3.69. The number of nitrogens with two attached hydrogens (primary N) is 1. The highest BCUT2D eigenvalue weighted by atomic mass is 35.5. The number of amides is 6. The van der Waals surface area contributed by atoms with Gasteiger partial charge in [0.15, 0.2) is 5.82 Å². The molecule has 0 saturated carbocycles. The van der Waals surface area contributed by atoms with Crippen LogP contribution in [0.1, 0.15) is 63.8 Å². The number of halogens is 1. The average Bonchev–Trinajstić information content (AvgIpc) is 3.87. The molecule has 2 aromatic carbocycles. The van der Waals surface area contributed by atoms with Gasteiger partial charge in [-0.3, -0.25) is 39.1 Å². The lowest BCUT2D eigenvalue weighted by Gasteiger charge is -2.40. The Bertz CT molecular complexity index is 2570. The molecule has 340 valence electrons. The minimum absolute atomic E-state index is 0.00166. The van der Waals surface area contributed by atoms with Gasteiger partial charge in [0.1, 0.15) is 23.5 Å². The molecule has 4 aromatic rings. The van der Waals surface area contributed by atoms with Crippen molar-refractivity contribution in [1.82, 2.24) is 30.8 Å². The predicted molar refractivity (Wildman–Crippen MR) is 247 cm³/mol. The maximum absolute atomic E-state index is 13.3. The van der Waals surface area contributed by atoms with Crippen LogP contribution in [0.5, 0.6) is 5.75 Å². The van der Waals surface area contributed by atoms with Crippen molar-refractivity contribution in [3.63, 3.8) is 0 Å². The fraction of sp³-hybridized carbons (Fsp3) is 0.349. The minimum Gasteiger partial charge on any atom is -0.495 e. The Morgan fingerprint density at radius 2 is 1.94 bits per heavy atom. The molecule has 20 nitrogen and oxygen atoms in total. The molecule has 5 heterocycles. The van der Waals surface area contributed by atoms with E-state index in [0.29, 0.717) is 88.0 Å². The summed E-state index contributed by atoms with van der Waals surface area (Å²) in [7, 11) is 3.19. The predicted octanol–water partition coefficient (Wildman–Crippen LogP) is 3.20. The third kappa shape index (κ3) is 10.5. The molecule has 0 spiro atoms. The first kappa shape index (κ1) is 46.0. The van der Waals surface area contributed by atoms with Gasteiger partial charge in [0, 0.05) is 73.0 Å². The number of benzene rings is 2. The van der Waals surface area contributed by atoms with Crippen LogP contribution in [0.3, 0.4) is 0 Å². The molecular formula is C43H48ClN13O7S. The molecule has 6 amide bonds. The molecule has 65 heavy (non-hydrogen) atoms. The summed E-state index contributed by atoms with van der Waals surface area (Å²) in [5, 5.41) is 18.0. The lowest BCUT2D eigenvalue weighted by molar-refractivity contribution is -0.137. The molecule has 1 saturated heterocycles. The largest absolute Gasteiger partial charge is 0.495 e. The second-order valence-corrected chi connectivity index (χ2v) is 17.0. The van der Waals surface area contributed by atoms with Gasteiger partial charge in [-0.1, -0.05) is 24.6 Å². The molecule has 22 heteroatoms. The number of methoxy groups -OCH3 is 1. The number of piperidine rings is 1. The maximum atomic E-state index is 13.3. The summed E-state index contributed by atoms with van der Waals surface area (Å²) in [6, 6.07) is 12.5. The monoisotopic (exact) mass is 925 g/mol. The number of carbonyl (C=O) groups is 6. The number of likely N-dealkylation sites (N-methyl/N-ethyl adjacent to an activating group) is 1. The van der Waals surface area contributed by atoms with E-state index in [1.165, 1.54) is 29.6 Å². The van der Waals surface area contributed by atoms with Crippen LogP contribution < -0.4 is 47.0 Å². The van der Waals surface area contributed by atoms with Gasteiger partial charge in [0.05, 0.1) is 48.7 Å². The van der Waals surface area contributed by atoms with Crippen molar-refractivity contribution in [3.8, 4) is 5.75 Å². The summed E-state index contributed by atoms with van der Waals surface area (Å²) in [4.78, 5) is 96.0. The third-order valence-electron chi connectivity index (χ3n) is 11.1. The Hall–Kier alpha value is -6.97. The van der Waals surface area contributed by atoms with E-state index >= 15 is 0 Å². The molecule has 1 fully saturated rings. The molecule has 2 atom stereocenters. The summed E-state index contributed by atoms with van der Waals surface area (Å²) < 4.78 is 6.28. The second-order valence-electron chi connectivity index (χ2n) is 15.2. The van der Waals surface area contributed by atoms with Crippen molar-refractivity contribution < 1.29 is 33.5 Å². The zero-order chi connectivity index (χ0) is 46.2. The molecule has 0 aliphatic carbocycles. The first-order valence-electron chi connectivity index (χ1n) is 20.8. The number of anilines is 5. The number of aliphatic imine (C=N–C) groups is 1. The number of rotatable bonds is 18. The number of carbonyl (C=O) groups excluding carboxylic acids is 6. The highest BCUT2D eigenvalue weighted by Gasteiger charge is 2.40. The van der Waals surface area contributed by atoms with Crippen LogP contribution in [-0.2, 0) is 32.3 Å². The van der Waals surface area contributed by atoms with Crippen molar-refractivity contribution in [2.45, 2.75) is 57.8 Å². The maximum Gasteiger partial charge on any atom is 0.255 e. The molecule has 7 rings (SSSR count). The second kappa shape index (κ2) is 20.7. The fourth-order valence-corrected chi connectivity index (χ4v) is 8.78. The molecular weight excluding hydrogens is 878 g/mol. The van der Waals surface area contributed by atoms with Gasteiger partial charge in [0.2, 0.25) is 29.6 Å². The molecule has 1 unspecified atom stereocenters. The van der Waals surface area contributed by atoms with Crippen molar-refractivity contribution in [1.29, 1.82) is 0 Å². The van der Waals surface area contributed by atoms with Crippen molar-refractivity contribution in [3.05, 3.63) is 80.6 Å². The van der Waals surface area contributed by atoms with Gasteiger partial charge in [-0.05, 0) is 55.3 Å². The standard InChI is InChI=1S/C43H48ClN13O7S/c1-4-31-42(63)55(2)33-21-49-43(53-38(33)56(31)22-26-9-12-35(44)65-26)51-30-10-8-24(18-34(30)64-3)39(60)48-20-25(54-45)19-47-17-16-46-15-14-37(59)50-29-7-5-6-27-28(29)23-57(41(27)62)32-11-13-36(58)52-40(32)61/h5-10,12,18-19,21,31-32,46H,4,11,13-17,20,22-23,45H2,1-3H3,(H,48,60)(H,50,59)(H,49,51,53)(H,52,58,61)/t31-,32?/m1/s1. The average molecular weight is 926 g/mol. The SMILES string of the molecule is CC[C@@H]1C(=O)N(C)c2cnc(Nc3ccc(C(=O)NCC(C=NCCNCCC(=O)Nc4cccc5c4CN(C4CCC(=O)NC4=O)C5=O)=NN)cc3OC)nc2N1Cc1ccc(Cl)s1. The Kier molecular flexibility index (Phi) is 14.7. The van der Waals surface area contributed by atoms with E-state index in [-0.39, 0.29) is 61.9 Å². The summed E-state index contributed by atoms with van der Waals surface area (Å²) >= 11 is 7.66. The normalized spacial score (nSPS) is 17.3. The molecule has 2 aromatic heterocycles. The van der Waals surface area contributed by atoms with E-state index in [4.69, 9.17) is 27.2 Å². The van der Waals surface area contributed by atoms with Gasteiger partial charge in [-0.2, -0.15) is 10.1 Å². The number of fused-ring (bicyclic) bond motifs is 2. The van der Waals surface area contributed by atoms with E-state index in [2.05, 4.69) is 41.7 Å². The minimum atomic E-state index is -0.749. The van der Waals surface area contributed by atoms with Crippen LogP contribution in [0.2, 0.25) is 4.34 Å². The highest BCUT2D eigenvalue weighted by Crippen LogP contribution is 2.38. The molecule has 7 N–H and O–H groups in total. The van der Waals surface area contributed by atoms with Gasteiger partial charge < -0.3 is 46.5 Å². The van der Waals surface area contributed by atoms with Crippen LogP contribution in [0.15, 0.2) is 64.8 Å². The van der Waals surface area contributed by atoms with Gasteiger partial charge in [0.25, 0.3) is 11.8 Å². The number of nitrogens with one attached hydrogen (secondary N) is 5. The quantitative estimate of drug-likeness (QED) is 0.0276. The lowest BCUT2D eigenvalue weighted by atomic mass is 10.0.